The van der Waals surface area contributed by atoms with E-state index in [1.807, 2.05) is 6.92 Å². The second-order valence-electron chi connectivity index (χ2n) is 4.37. The average Bonchev–Trinajstić information content (AvgIpc) is 2.72. The fourth-order valence-electron chi connectivity index (χ4n) is 1.97. The van der Waals surface area contributed by atoms with Crippen molar-refractivity contribution in [3.05, 3.63) is 46.0 Å². The highest BCUT2D eigenvalue weighted by atomic mass is 35.5. The van der Waals surface area contributed by atoms with Crippen molar-refractivity contribution < 1.29 is 19.0 Å². The molecule has 1 aromatic carbocycles. The lowest BCUT2D eigenvalue weighted by Crippen LogP contribution is -2.09. The summed E-state index contributed by atoms with van der Waals surface area (Å²) in [5, 5.41) is 13.7. The summed E-state index contributed by atoms with van der Waals surface area (Å²) in [6, 6.07) is 3.75. The first kappa shape index (κ1) is 15.3. The Bertz CT molecular complexity index is 685. The number of carboxylic acid groups (broad SMARTS) is 1. The maximum Gasteiger partial charge on any atom is 0.339 e. The Kier molecular flexibility index (Phi) is 4.47. The number of halogens is 2. The van der Waals surface area contributed by atoms with Gasteiger partial charge in [-0.05, 0) is 26.0 Å². The van der Waals surface area contributed by atoms with E-state index in [2.05, 4.69) is 5.10 Å². The minimum absolute atomic E-state index is 0.0608. The third-order valence-electron chi connectivity index (χ3n) is 3.00. The Morgan fingerprint density at radius 2 is 2.24 bits per heavy atom. The molecular weight excluding hydrogens is 299 g/mol. The molecule has 0 unspecified atom stereocenters. The van der Waals surface area contributed by atoms with Crippen LogP contribution in [0.15, 0.2) is 18.2 Å². The number of carboxylic acids is 1. The van der Waals surface area contributed by atoms with Gasteiger partial charge in [0.25, 0.3) is 0 Å². The van der Waals surface area contributed by atoms with Gasteiger partial charge >= 0.3 is 5.97 Å². The lowest BCUT2D eigenvalue weighted by Gasteiger charge is -2.11. The van der Waals surface area contributed by atoms with Gasteiger partial charge in [-0.2, -0.15) is 5.10 Å². The summed E-state index contributed by atoms with van der Waals surface area (Å²) in [6.07, 6.45) is 0. The van der Waals surface area contributed by atoms with Crippen LogP contribution in [-0.4, -0.2) is 20.9 Å². The molecule has 0 aliphatic rings. The maximum absolute atomic E-state index is 13.8. The molecule has 0 saturated heterocycles. The first-order valence-corrected chi connectivity index (χ1v) is 6.69. The van der Waals surface area contributed by atoms with Crippen molar-refractivity contribution in [1.29, 1.82) is 0 Å². The Balaban J connectivity index is 2.31. The van der Waals surface area contributed by atoms with Crippen molar-refractivity contribution in [2.24, 2.45) is 0 Å². The quantitative estimate of drug-likeness (QED) is 0.920. The second kappa shape index (κ2) is 6.13. The monoisotopic (exact) mass is 312 g/mol. The number of carbonyl (C=O) groups is 1. The van der Waals surface area contributed by atoms with Crippen molar-refractivity contribution in [3.8, 4) is 5.75 Å². The van der Waals surface area contributed by atoms with Gasteiger partial charge in [-0.25, -0.2) is 9.18 Å². The minimum atomic E-state index is -1.25. The molecule has 2 aromatic rings. The van der Waals surface area contributed by atoms with Crippen LogP contribution in [0.5, 0.6) is 5.75 Å². The Hall–Kier alpha value is -2.08. The third kappa shape index (κ3) is 3.00. The topological polar surface area (TPSA) is 64.4 Å². The van der Waals surface area contributed by atoms with Gasteiger partial charge in [0.1, 0.15) is 12.2 Å². The van der Waals surface area contributed by atoms with E-state index in [1.165, 1.54) is 12.1 Å². The van der Waals surface area contributed by atoms with Gasteiger partial charge in [-0.15, -0.1) is 0 Å². The highest BCUT2D eigenvalue weighted by molar-refractivity contribution is 6.31. The van der Waals surface area contributed by atoms with E-state index in [1.54, 1.807) is 11.6 Å². The Morgan fingerprint density at radius 3 is 2.86 bits per heavy atom. The summed E-state index contributed by atoms with van der Waals surface area (Å²) < 4.78 is 20.7. The van der Waals surface area contributed by atoms with E-state index in [4.69, 9.17) is 21.4 Å². The molecule has 1 N–H and O–H groups in total. The lowest BCUT2D eigenvalue weighted by molar-refractivity contribution is 0.0690. The van der Waals surface area contributed by atoms with Crippen LogP contribution in [0.1, 0.15) is 28.7 Å². The molecule has 0 radical (unpaired) electrons. The molecule has 0 saturated carbocycles. The molecule has 112 valence electrons. The van der Waals surface area contributed by atoms with Gasteiger partial charge < -0.3 is 9.84 Å². The fraction of sp³-hybridized carbons (Fsp3) is 0.286. The van der Waals surface area contributed by atoms with Crippen molar-refractivity contribution >= 4 is 17.6 Å². The van der Waals surface area contributed by atoms with E-state index < -0.39 is 11.8 Å². The Morgan fingerprint density at radius 1 is 1.52 bits per heavy atom. The van der Waals surface area contributed by atoms with Gasteiger partial charge in [0.05, 0.1) is 16.4 Å². The maximum atomic E-state index is 13.8. The van der Waals surface area contributed by atoms with Gasteiger partial charge in [0, 0.05) is 6.54 Å². The van der Waals surface area contributed by atoms with Crippen LogP contribution >= 0.6 is 11.6 Å². The number of ether oxygens (including phenoxy) is 1. The predicted molar refractivity (Wildman–Crippen MR) is 75.3 cm³/mol. The predicted octanol–water partition coefficient (Wildman–Crippen LogP) is 3.28. The molecule has 0 fully saturated rings. The standard InChI is InChI=1S/C14H14ClFN2O3/c1-3-18-11(12(15)8(2)17-18)7-21-13-9(14(19)20)5-4-6-10(13)16/h4-6H,3,7H2,1-2H3,(H,19,20). The van der Waals surface area contributed by atoms with Crippen LogP contribution in [0.3, 0.4) is 0 Å². The molecule has 0 bridgehead atoms. The summed E-state index contributed by atoms with van der Waals surface area (Å²) in [6.45, 7) is 4.16. The molecule has 5 nitrogen and oxygen atoms in total. The minimum Gasteiger partial charge on any atom is -0.483 e. The second-order valence-corrected chi connectivity index (χ2v) is 4.75. The normalized spacial score (nSPS) is 10.7. The van der Waals surface area contributed by atoms with Crippen molar-refractivity contribution in [3.63, 3.8) is 0 Å². The number of nitrogens with zero attached hydrogens (tertiary/aromatic N) is 2. The molecule has 0 amide bonds. The number of aryl methyl sites for hydroxylation is 2. The first-order chi connectivity index (χ1) is 9.95. The highest BCUT2D eigenvalue weighted by Gasteiger charge is 2.18. The van der Waals surface area contributed by atoms with Gasteiger partial charge in [-0.1, -0.05) is 17.7 Å². The van der Waals surface area contributed by atoms with Gasteiger partial charge in [-0.3, -0.25) is 4.68 Å². The van der Waals surface area contributed by atoms with Crippen LogP contribution in [0.2, 0.25) is 5.02 Å². The zero-order valence-electron chi connectivity index (χ0n) is 11.6. The number of aromatic carboxylic acids is 1. The largest absolute Gasteiger partial charge is 0.483 e. The number of rotatable bonds is 5. The van der Waals surface area contributed by atoms with Gasteiger partial charge in [0.2, 0.25) is 0 Å². The molecule has 2 rings (SSSR count). The number of hydrogen-bond acceptors (Lipinski definition) is 3. The lowest BCUT2D eigenvalue weighted by atomic mass is 10.2. The zero-order valence-corrected chi connectivity index (χ0v) is 12.3. The number of benzene rings is 1. The molecule has 0 aliphatic heterocycles. The fourth-order valence-corrected chi connectivity index (χ4v) is 2.16. The smallest absolute Gasteiger partial charge is 0.339 e. The summed E-state index contributed by atoms with van der Waals surface area (Å²) >= 11 is 6.13. The van der Waals surface area contributed by atoms with Crippen molar-refractivity contribution in [2.75, 3.05) is 0 Å². The number of aromatic nitrogens is 2. The third-order valence-corrected chi connectivity index (χ3v) is 3.50. The van der Waals surface area contributed by atoms with E-state index in [0.717, 1.165) is 6.07 Å². The summed E-state index contributed by atoms with van der Waals surface area (Å²) in [7, 11) is 0. The summed E-state index contributed by atoms with van der Waals surface area (Å²) in [5.41, 5.74) is 0.991. The van der Waals surface area contributed by atoms with Crippen LogP contribution < -0.4 is 4.74 Å². The number of para-hydroxylation sites is 1. The van der Waals surface area contributed by atoms with E-state index in [9.17, 15) is 9.18 Å². The van der Waals surface area contributed by atoms with Crippen LogP contribution in [0.4, 0.5) is 4.39 Å². The highest BCUT2D eigenvalue weighted by Crippen LogP contribution is 2.26. The summed E-state index contributed by atoms with van der Waals surface area (Å²) in [5.74, 6) is -2.29. The molecule has 0 spiro atoms. The molecule has 0 aliphatic carbocycles. The van der Waals surface area contributed by atoms with E-state index >= 15 is 0 Å². The van der Waals surface area contributed by atoms with Crippen LogP contribution in [0.25, 0.3) is 0 Å². The van der Waals surface area contributed by atoms with E-state index in [0.29, 0.717) is 23.0 Å². The molecule has 7 heteroatoms. The molecule has 0 atom stereocenters. The average molecular weight is 313 g/mol. The summed E-state index contributed by atoms with van der Waals surface area (Å²) in [4.78, 5) is 11.1. The number of hydrogen-bond donors (Lipinski definition) is 1. The Labute approximate surface area is 125 Å². The van der Waals surface area contributed by atoms with E-state index in [-0.39, 0.29) is 17.9 Å². The van der Waals surface area contributed by atoms with Crippen molar-refractivity contribution in [1.82, 2.24) is 9.78 Å². The molecule has 21 heavy (non-hydrogen) atoms. The molecular formula is C14H14ClFN2O3. The molecule has 1 heterocycles. The zero-order chi connectivity index (χ0) is 15.6. The van der Waals surface area contributed by atoms with Crippen LogP contribution in [-0.2, 0) is 13.2 Å². The first-order valence-electron chi connectivity index (χ1n) is 6.32. The SMILES string of the molecule is CCn1nc(C)c(Cl)c1COc1c(F)cccc1C(=O)O. The van der Waals surface area contributed by atoms with Crippen molar-refractivity contribution in [2.45, 2.75) is 27.0 Å². The molecule has 1 aromatic heterocycles. The van der Waals surface area contributed by atoms with Gasteiger partial charge in [0.15, 0.2) is 11.6 Å². The van der Waals surface area contributed by atoms with Crippen LogP contribution in [0, 0.1) is 12.7 Å².